The standard InChI is InChI=1S/C22H20BrClN2O2/c1-15(27)26-20-9-7-19(8-10-20)25-13-17-12-18(23)6-11-22(17)28-14-16-4-2-3-5-21(16)24/h2-12,25H,13-14H2,1H3,(H,26,27). The second-order valence-electron chi connectivity index (χ2n) is 6.24. The minimum atomic E-state index is -0.0878. The van der Waals surface area contributed by atoms with E-state index in [-0.39, 0.29) is 5.91 Å². The summed E-state index contributed by atoms with van der Waals surface area (Å²) in [6, 6.07) is 21.1. The van der Waals surface area contributed by atoms with Crippen LogP contribution in [0.5, 0.6) is 5.75 Å². The highest BCUT2D eigenvalue weighted by Crippen LogP contribution is 2.26. The Morgan fingerprint density at radius 3 is 2.43 bits per heavy atom. The van der Waals surface area contributed by atoms with E-state index >= 15 is 0 Å². The van der Waals surface area contributed by atoms with Crippen LogP contribution in [0.25, 0.3) is 0 Å². The van der Waals surface area contributed by atoms with Gasteiger partial charge in [0.25, 0.3) is 0 Å². The van der Waals surface area contributed by atoms with Gasteiger partial charge in [0.1, 0.15) is 12.4 Å². The Hall–Kier alpha value is -2.50. The lowest BCUT2D eigenvalue weighted by Crippen LogP contribution is -2.06. The number of hydrogen-bond donors (Lipinski definition) is 2. The van der Waals surface area contributed by atoms with E-state index in [0.717, 1.165) is 32.7 Å². The molecule has 144 valence electrons. The summed E-state index contributed by atoms with van der Waals surface area (Å²) in [7, 11) is 0. The molecule has 1 amide bonds. The lowest BCUT2D eigenvalue weighted by atomic mass is 10.2. The lowest BCUT2D eigenvalue weighted by molar-refractivity contribution is -0.114. The average Bonchev–Trinajstić information content (AvgIpc) is 2.67. The number of ether oxygens (including phenoxy) is 1. The Bertz CT molecular complexity index is 961. The summed E-state index contributed by atoms with van der Waals surface area (Å²) < 4.78 is 7.00. The quantitative estimate of drug-likeness (QED) is 0.439. The summed E-state index contributed by atoms with van der Waals surface area (Å²) in [5.74, 6) is 0.709. The molecule has 0 heterocycles. The molecule has 3 rings (SSSR count). The first-order chi connectivity index (χ1) is 13.5. The van der Waals surface area contributed by atoms with E-state index in [2.05, 4.69) is 26.6 Å². The molecule has 3 aromatic carbocycles. The summed E-state index contributed by atoms with van der Waals surface area (Å²) in [5.41, 5.74) is 3.68. The third-order valence-corrected chi connectivity index (χ3v) is 4.91. The van der Waals surface area contributed by atoms with Gasteiger partial charge in [0.05, 0.1) is 0 Å². The van der Waals surface area contributed by atoms with Gasteiger partial charge in [0, 0.05) is 45.5 Å². The van der Waals surface area contributed by atoms with Crippen molar-refractivity contribution in [3.05, 3.63) is 87.4 Å². The fraction of sp³-hybridized carbons (Fsp3) is 0.136. The molecule has 0 atom stereocenters. The zero-order chi connectivity index (χ0) is 19.9. The van der Waals surface area contributed by atoms with Gasteiger partial charge in [-0.2, -0.15) is 0 Å². The highest BCUT2D eigenvalue weighted by Gasteiger charge is 2.07. The van der Waals surface area contributed by atoms with Gasteiger partial charge >= 0.3 is 0 Å². The molecule has 28 heavy (non-hydrogen) atoms. The van der Waals surface area contributed by atoms with Gasteiger partial charge in [-0.05, 0) is 48.5 Å². The second kappa shape index (κ2) is 9.62. The van der Waals surface area contributed by atoms with E-state index in [1.54, 1.807) is 0 Å². The topological polar surface area (TPSA) is 50.4 Å². The van der Waals surface area contributed by atoms with Crippen molar-refractivity contribution in [2.45, 2.75) is 20.1 Å². The Morgan fingerprint density at radius 2 is 1.71 bits per heavy atom. The van der Waals surface area contributed by atoms with Crippen LogP contribution in [0.15, 0.2) is 71.2 Å². The number of hydrogen-bond acceptors (Lipinski definition) is 3. The number of carbonyl (C=O) groups is 1. The smallest absolute Gasteiger partial charge is 0.221 e. The number of amides is 1. The number of carbonyl (C=O) groups excluding carboxylic acids is 1. The summed E-state index contributed by atoms with van der Waals surface area (Å²) in [6.45, 7) is 2.49. The summed E-state index contributed by atoms with van der Waals surface area (Å²) >= 11 is 9.73. The van der Waals surface area contributed by atoms with E-state index in [9.17, 15) is 4.79 Å². The molecule has 0 radical (unpaired) electrons. The van der Waals surface area contributed by atoms with Gasteiger partial charge in [-0.15, -0.1) is 0 Å². The highest BCUT2D eigenvalue weighted by atomic mass is 79.9. The monoisotopic (exact) mass is 458 g/mol. The molecule has 6 heteroatoms. The number of halogens is 2. The normalized spacial score (nSPS) is 10.4. The van der Waals surface area contributed by atoms with E-state index in [1.165, 1.54) is 6.92 Å². The first kappa shape index (κ1) is 20.2. The average molecular weight is 460 g/mol. The molecular formula is C22H20BrClN2O2. The van der Waals surface area contributed by atoms with Crippen molar-refractivity contribution < 1.29 is 9.53 Å². The molecule has 3 aromatic rings. The molecule has 0 aliphatic heterocycles. The van der Waals surface area contributed by atoms with Crippen molar-refractivity contribution in [1.82, 2.24) is 0 Å². The Balaban J connectivity index is 1.67. The number of benzene rings is 3. The summed E-state index contributed by atoms with van der Waals surface area (Å²) in [5, 5.41) is 6.83. The van der Waals surface area contributed by atoms with E-state index < -0.39 is 0 Å². The van der Waals surface area contributed by atoms with Crippen LogP contribution in [0, 0.1) is 0 Å². The lowest BCUT2D eigenvalue weighted by Gasteiger charge is -2.14. The van der Waals surface area contributed by atoms with Gasteiger partial charge < -0.3 is 15.4 Å². The third kappa shape index (κ3) is 5.75. The first-order valence-corrected chi connectivity index (χ1v) is 9.94. The third-order valence-electron chi connectivity index (χ3n) is 4.05. The summed E-state index contributed by atoms with van der Waals surface area (Å²) in [6.07, 6.45) is 0. The van der Waals surface area contributed by atoms with Crippen LogP contribution < -0.4 is 15.4 Å². The number of rotatable bonds is 7. The molecule has 0 fully saturated rings. The number of anilines is 2. The molecule has 0 saturated carbocycles. The van der Waals surface area contributed by atoms with Crippen LogP contribution >= 0.6 is 27.5 Å². The molecule has 0 aliphatic carbocycles. The van der Waals surface area contributed by atoms with Crippen molar-refractivity contribution in [1.29, 1.82) is 0 Å². The van der Waals surface area contributed by atoms with Gasteiger partial charge in [-0.25, -0.2) is 0 Å². The van der Waals surface area contributed by atoms with Crippen LogP contribution in [0.3, 0.4) is 0 Å². The predicted octanol–water partition coefficient (Wildman–Crippen LogP) is 6.25. The minimum absolute atomic E-state index is 0.0878. The SMILES string of the molecule is CC(=O)Nc1ccc(NCc2cc(Br)ccc2OCc2ccccc2Cl)cc1. The maximum atomic E-state index is 11.1. The van der Waals surface area contributed by atoms with E-state index in [1.807, 2.05) is 66.7 Å². The maximum absolute atomic E-state index is 11.1. The van der Waals surface area contributed by atoms with Gasteiger partial charge in [0.2, 0.25) is 5.91 Å². The van der Waals surface area contributed by atoms with Crippen LogP contribution in [-0.4, -0.2) is 5.91 Å². The van der Waals surface area contributed by atoms with Crippen molar-refractivity contribution >= 4 is 44.8 Å². The van der Waals surface area contributed by atoms with Crippen molar-refractivity contribution in [3.63, 3.8) is 0 Å². The Morgan fingerprint density at radius 1 is 1.00 bits per heavy atom. The molecule has 0 saturated heterocycles. The van der Waals surface area contributed by atoms with Gasteiger partial charge in [-0.1, -0.05) is 45.7 Å². The van der Waals surface area contributed by atoms with Crippen molar-refractivity contribution in [2.24, 2.45) is 0 Å². The molecular weight excluding hydrogens is 440 g/mol. The molecule has 0 spiro atoms. The molecule has 4 nitrogen and oxygen atoms in total. The molecule has 0 bridgehead atoms. The zero-order valence-corrected chi connectivity index (χ0v) is 17.7. The van der Waals surface area contributed by atoms with E-state index in [4.69, 9.17) is 16.3 Å². The predicted molar refractivity (Wildman–Crippen MR) is 118 cm³/mol. The summed E-state index contributed by atoms with van der Waals surface area (Å²) in [4.78, 5) is 11.1. The van der Waals surface area contributed by atoms with Crippen molar-refractivity contribution in [2.75, 3.05) is 10.6 Å². The van der Waals surface area contributed by atoms with Crippen LogP contribution in [-0.2, 0) is 17.9 Å². The molecule has 0 unspecified atom stereocenters. The molecule has 0 aromatic heterocycles. The second-order valence-corrected chi connectivity index (χ2v) is 7.57. The fourth-order valence-corrected chi connectivity index (χ4v) is 3.27. The maximum Gasteiger partial charge on any atom is 0.221 e. The van der Waals surface area contributed by atoms with Crippen molar-refractivity contribution in [3.8, 4) is 5.75 Å². The Labute approximate surface area is 178 Å². The fourth-order valence-electron chi connectivity index (χ4n) is 2.67. The zero-order valence-electron chi connectivity index (χ0n) is 15.3. The Kier molecular flexibility index (Phi) is 6.95. The van der Waals surface area contributed by atoms with Crippen LogP contribution in [0.1, 0.15) is 18.1 Å². The molecule has 2 N–H and O–H groups in total. The van der Waals surface area contributed by atoms with Crippen LogP contribution in [0.4, 0.5) is 11.4 Å². The minimum Gasteiger partial charge on any atom is -0.488 e. The molecule has 0 aliphatic rings. The van der Waals surface area contributed by atoms with E-state index in [0.29, 0.717) is 18.2 Å². The largest absolute Gasteiger partial charge is 0.488 e. The van der Waals surface area contributed by atoms with Gasteiger partial charge in [-0.3, -0.25) is 4.79 Å². The highest BCUT2D eigenvalue weighted by molar-refractivity contribution is 9.10. The number of nitrogens with one attached hydrogen (secondary N) is 2. The van der Waals surface area contributed by atoms with Gasteiger partial charge in [0.15, 0.2) is 0 Å². The first-order valence-electron chi connectivity index (χ1n) is 8.77. The van der Waals surface area contributed by atoms with Crippen LogP contribution in [0.2, 0.25) is 5.02 Å².